The van der Waals surface area contributed by atoms with Crippen LogP contribution in [0.15, 0.2) is 22.7 Å². The molecule has 0 unspecified atom stereocenters. The molecule has 0 amide bonds. The number of non-ortho nitro benzene ring substituents is 1. The van der Waals surface area contributed by atoms with Gasteiger partial charge in [-0.25, -0.2) is 0 Å². The standard InChI is InChI=1S/C13H15BrN2O4/c1-2-20-13(17)8-15(9-3-4-9)12-6-5-10(16(18)19)7-11(12)14/h5-7,9H,2-4,8H2,1H3. The number of nitro groups is 1. The molecule has 7 heteroatoms. The van der Waals surface area contributed by atoms with Gasteiger partial charge in [-0.3, -0.25) is 14.9 Å². The smallest absolute Gasteiger partial charge is 0.325 e. The van der Waals surface area contributed by atoms with Crippen molar-refractivity contribution in [1.29, 1.82) is 0 Å². The van der Waals surface area contributed by atoms with E-state index in [1.54, 1.807) is 13.0 Å². The van der Waals surface area contributed by atoms with Gasteiger partial charge in [0.25, 0.3) is 5.69 Å². The van der Waals surface area contributed by atoms with Crippen molar-refractivity contribution in [1.82, 2.24) is 0 Å². The first kappa shape index (κ1) is 14.8. The SMILES string of the molecule is CCOC(=O)CN(c1ccc([N+](=O)[O-])cc1Br)C1CC1. The van der Waals surface area contributed by atoms with Crippen molar-refractivity contribution >= 4 is 33.3 Å². The number of rotatable bonds is 6. The summed E-state index contributed by atoms with van der Waals surface area (Å²) >= 11 is 3.34. The lowest BCUT2D eigenvalue weighted by molar-refractivity contribution is -0.384. The molecule has 20 heavy (non-hydrogen) atoms. The average molecular weight is 343 g/mol. The van der Waals surface area contributed by atoms with Gasteiger partial charge in [0.1, 0.15) is 6.54 Å². The molecule has 0 heterocycles. The molecule has 1 aliphatic carbocycles. The van der Waals surface area contributed by atoms with Gasteiger partial charge in [-0.1, -0.05) is 0 Å². The van der Waals surface area contributed by atoms with E-state index in [1.807, 2.05) is 4.90 Å². The average Bonchev–Trinajstić information content (AvgIpc) is 3.20. The number of carbonyl (C=O) groups is 1. The Morgan fingerprint density at radius 2 is 2.25 bits per heavy atom. The van der Waals surface area contributed by atoms with E-state index in [0.717, 1.165) is 18.5 Å². The van der Waals surface area contributed by atoms with Gasteiger partial charge in [-0.15, -0.1) is 0 Å². The maximum absolute atomic E-state index is 11.7. The summed E-state index contributed by atoms with van der Waals surface area (Å²) in [6.45, 7) is 2.27. The quantitative estimate of drug-likeness (QED) is 0.451. The lowest BCUT2D eigenvalue weighted by Gasteiger charge is -2.24. The highest BCUT2D eigenvalue weighted by atomic mass is 79.9. The van der Waals surface area contributed by atoms with Crippen molar-refractivity contribution < 1.29 is 14.5 Å². The zero-order valence-corrected chi connectivity index (χ0v) is 12.6. The third kappa shape index (κ3) is 3.47. The molecule has 108 valence electrons. The van der Waals surface area contributed by atoms with Crippen LogP contribution in [0.1, 0.15) is 19.8 Å². The van der Waals surface area contributed by atoms with Gasteiger partial charge >= 0.3 is 5.97 Å². The van der Waals surface area contributed by atoms with Crippen LogP contribution in [0.2, 0.25) is 0 Å². The van der Waals surface area contributed by atoms with E-state index in [4.69, 9.17) is 4.74 Å². The van der Waals surface area contributed by atoms with Crippen molar-refractivity contribution in [2.24, 2.45) is 0 Å². The predicted molar refractivity (Wildman–Crippen MR) is 77.8 cm³/mol. The maximum atomic E-state index is 11.7. The Hall–Kier alpha value is -1.63. The van der Waals surface area contributed by atoms with Gasteiger partial charge in [-0.2, -0.15) is 0 Å². The number of nitrogens with zero attached hydrogens (tertiary/aromatic N) is 2. The van der Waals surface area contributed by atoms with Crippen LogP contribution in [0.3, 0.4) is 0 Å². The Kier molecular flexibility index (Phi) is 4.59. The van der Waals surface area contributed by atoms with Gasteiger partial charge in [0.2, 0.25) is 0 Å². The summed E-state index contributed by atoms with van der Waals surface area (Å²) in [6.07, 6.45) is 2.03. The topological polar surface area (TPSA) is 72.7 Å². The molecule has 2 rings (SSSR count). The summed E-state index contributed by atoms with van der Waals surface area (Å²) in [4.78, 5) is 23.9. The molecule has 0 radical (unpaired) electrons. The molecule has 0 aliphatic heterocycles. The van der Waals surface area contributed by atoms with E-state index in [0.29, 0.717) is 17.1 Å². The number of hydrogen-bond acceptors (Lipinski definition) is 5. The largest absolute Gasteiger partial charge is 0.465 e. The van der Waals surface area contributed by atoms with Crippen molar-refractivity contribution in [3.05, 3.63) is 32.8 Å². The van der Waals surface area contributed by atoms with E-state index in [9.17, 15) is 14.9 Å². The van der Waals surface area contributed by atoms with Crippen LogP contribution >= 0.6 is 15.9 Å². The number of anilines is 1. The van der Waals surface area contributed by atoms with Crippen LogP contribution < -0.4 is 4.90 Å². The second-order valence-electron chi connectivity index (χ2n) is 4.56. The summed E-state index contributed by atoms with van der Waals surface area (Å²) in [5.74, 6) is -0.287. The molecule has 1 aromatic rings. The highest BCUT2D eigenvalue weighted by Crippen LogP contribution is 2.37. The summed E-state index contributed by atoms with van der Waals surface area (Å²) in [5, 5.41) is 10.7. The van der Waals surface area contributed by atoms with Gasteiger partial charge < -0.3 is 9.64 Å². The van der Waals surface area contributed by atoms with E-state index < -0.39 is 4.92 Å². The van der Waals surface area contributed by atoms with Crippen LogP contribution in [0.25, 0.3) is 0 Å². The fourth-order valence-electron chi connectivity index (χ4n) is 1.99. The lowest BCUT2D eigenvalue weighted by atomic mass is 10.2. The fourth-order valence-corrected chi connectivity index (χ4v) is 2.58. The first-order valence-corrected chi connectivity index (χ1v) is 7.18. The number of nitro benzene ring substituents is 1. The minimum absolute atomic E-state index is 0.0208. The van der Waals surface area contributed by atoms with Gasteiger partial charge in [0.05, 0.1) is 17.2 Å². The Balaban J connectivity index is 2.21. The second-order valence-corrected chi connectivity index (χ2v) is 5.41. The first-order valence-electron chi connectivity index (χ1n) is 6.39. The molecule has 1 aliphatic rings. The number of benzene rings is 1. The number of esters is 1. The Morgan fingerprint density at radius 1 is 1.55 bits per heavy atom. The molecule has 1 saturated carbocycles. The molecule has 0 spiro atoms. The van der Waals surface area contributed by atoms with Crippen LogP contribution in [0.4, 0.5) is 11.4 Å². The molecule has 0 saturated heterocycles. The van der Waals surface area contributed by atoms with Gasteiger partial charge in [0.15, 0.2) is 0 Å². The van der Waals surface area contributed by atoms with E-state index in [2.05, 4.69) is 15.9 Å². The minimum Gasteiger partial charge on any atom is -0.465 e. The van der Waals surface area contributed by atoms with Crippen LogP contribution in [0.5, 0.6) is 0 Å². The second kappa shape index (κ2) is 6.21. The highest BCUT2D eigenvalue weighted by Gasteiger charge is 2.32. The molecular weight excluding hydrogens is 328 g/mol. The van der Waals surface area contributed by atoms with Crippen LogP contribution in [-0.2, 0) is 9.53 Å². The Labute approximate surface area is 125 Å². The van der Waals surface area contributed by atoms with Gasteiger partial charge in [-0.05, 0) is 41.8 Å². The molecule has 0 atom stereocenters. The maximum Gasteiger partial charge on any atom is 0.325 e. The first-order chi connectivity index (χ1) is 9.52. The molecule has 6 nitrogen and oxygen atoms in total. The number of ether oxygens (including phenoxy) is 1. The van der Waals surface area contributed by atoms with Crippen LogP contribution in [-0.4, -0.2) is 30.1 Å². The summed E-state index contributed by atoms with van der Waals surface area (Å²) in [7, 11) is 0. The summed E-state index contributed by atoms with van der Waals surface area (Å²) in [5.41, 5.74) is 0.804. The van der Waals surface area contributed by atoms with E-state index in [-0.39, 0.29) is 18.2 Å². The Morgan fingerprint density at radius 3 is 2.75 bits per heavy atom. The zero-order valence-electron chi connectivity index (χ0n) is 11.0. The van der Waals surface area contributed by atoms with E-state index >= 15 is 0 Å². The zero-order chi connectivity index (χ0) is 14.7. The fraction of sp³-hybridized carbons (Fsp3) is 0.462. The number of hydrogen-bond donors (Lipinski definition) is 0. The third-order valence-electron chi connectivity index (χ3n) is 3.04. The van der Waals surface area contributed by atoms with Gasteiger partial charge in [0, 0.05) is 22.6 Å². The van der Waals surface area contributed by atoms with Crippen molar-refractivity contribution in [3.63, 3.8) is 0 Å². The summed E-state index contributed by atoms with van der Waals surface area (Å²) < 4.78 is 5.58. The monoisotopic (exact) mass is 342 g/mol. The molecule has 0 aromatic heterocycles. The van der Waals surface area contributed by atoms with Crippen molar-refractivity contribution in [2.45, 2.75) is 25.8 Å². The minimum atomic E-state index is -0.443. The number of carbonyl (C=O) groups excluding carboxylic acids is 1. The lowest BCUT2D eigenvalue weighted by Crippen LogP contribution is -2.33. The van der Waals surface area contributed by atoms with Crippen molar-refractivity contribution in [2.75, 3.05) is 18.1 Å². The summed E-state index contributed by atoms with van der Waals surface area (Å²) in [6, 6.07) is 4.87. The van der Waals surface area contributed by atoms with E-state index in [1.165, 1.54) is 12.1 Å². The molecular formula is C13H15BrN2O4. The third-order valence-corrected chi connectivity index (χ3v) is 3.68. The molecule has 0 bridgehead atoms. The normalized spacial score (nSPS) is 13.9. The van der Waals surface area contributed by atoms with Crippen LogP contribution in [0, 0.1) is 10.1 Å². The number of halogens is 1. The van der Waals surface area contributed by atoms with Crippen molar-refractivity contribution in [3.8, 4) is 0 Å². The highest BCUT2D eigenvalue weighted by molar-refractivity contribution is 9.10. The predicted octanol–water partition coefficient (Wildman–Crippen LogP) is 2.89. The molecule has 0 N–H and O–H groups in total. The Bertz CT molecular complexity index is 531. The molecule has 1 aromatic carbocycles. The molecule has 1 fully saturated rings.